The third-order valence-corrected chi connectivity index (χ3v) is 2.53. The lowest BCUT2D eigenvalue weighted by Crippen LogP contribution is -2.05. The summed E-state index contributed by atoms with van der Waals surface area (Å²) in [6.45, 7) is 1.39. The Bertz CT molecular complexity index is 620. The summed E-state index contributed by atoms with van der Waals surface area (Å²) in [4.78, 5) is 14.8. The number of rotatable bonds is 4. The third kappa shape index (κ3) is 3.66. The first-order valence-electron chi connectivity index (χ1n) is 5.81. The molecule has 0 radical (unpaired) electrons. The van der Waals surface area contributed by atoms with Crippen LogP contribution in [0.2, 0.25) is 0 Å². The number of hydrogen-bond donors (Lipinski definition) is 0. The van der Waals surface area contributed by atoms with Crippen LogP contribution >= 0.6 is 0 Å². The van der Waals surface area contributed by atoms with Crippen molar-refractivity contribution in [3.05, 3.63) is 47.1 Å². The fourth-order valence-corrected chi connectivity index (χ4v) is 1.69. The highest BCUT2D eigenvalue weighted by molar-refractivity contribution is 5.77. The summed E-state index contributed by atoms with van der Waals surface area (Å²) >= 11 is 0. The van der Waals surface area contributed by atoms with Crippen LogP contribution in [-0.4, -0.2) is 15.9 Å². The van der Waals surface area contributed by atoms with Gasteiger partial charge in [0.25, 0.3) is 0 Å². The van der Waals surface area contributed by atoms with Crippen LogP contribution in [0.25, 0.3) is 0 Å². The van der Waals surface area contributed by atoms with E-state index in [-0.39, 0.29) is 30.3 Å². The molecule has 0 spiro atoms. The highest BCUT2D eigenvalue weighted by Gasteiger charge is 2.30. The summed E-state index contributed by atoms with van der Waals surface area (Å²) in [7, 11) is 0. The number of hydrogen-bond acceptors (Lipinski definition) is 4. The van der Waals surface area contributed by atoms with Crippen molar-refractivity contribution in [2.45, 2.75) is 25.9 Å². The zero-order valence-electron chi connectivity index (χ0n) is 10.6. The molecule has 0 fully saturated rings. The maximum atomic E-state index is 12.6. The van der Waals surface area contributed by atoms with Gasteiger partial charge in [0, 0.05) is 6.42 Å². The minimum atomic E-state index is -4.38. The van der Waals surface area contributed by atoms with Crippen LogP contribution in [0, 0.1) is 0 Å². The molecule has 1 heterocycles. The van der Waals surface area contributed by atoms with Crippen molar-refractivity contribution in [2.75, 3.05) is 0 Å². The molecule has 0 aliphatic rings. The van der Waals surface area contributed by atoms with Gasteiger partial charge in [-0.05, 0) is 18.6 Å². The second-order valence-corrected chi connectivity index (χ2v) is 4.36. The normalized spacial score (nSPS) is 11.6. The van der Waals surface area contributed by atoms with E-state index < -0.39 is 11.7 Å². The zero-order chi connectivity index (χ0) is 14.8. The van der Waals surface area contributed by atoms with Crippen molar-refractivity contribution in [1.82, 2.24) is 10.1 Å². The Morgan fingerprint density at radius 2 is 2.10 bits per heavy atom. The molecule has 0 aliphatic heterocycles. The molecule has 0 bridgehead atoms. The first kappa shape index (κ1) is 14.2. The quantitative estimate of drug-likeness (QED) is 0.866. The number of halogens is 3. The van der Waals surface area contributed by atoms with Crippen LogP contribution in [0.4, 0.5) is 13.2 Å². The van der Waals surface area contributed by atoms with Gasteiger partial charge in [-0.1, -0.05) is 23.4 Å². The Hall–Kier alpha value is -2.18. The molecule has 0 amide bonds. The number of nitrogens with zero attached hydrogens (tertiary/aromatic N) is 2. The Kier molecular flexibility index (Phi) is 3.87. The van der Waals surface area contributed by atoms with Crippen LogP contribution in [0.15, 0.2) is 28.8 Å². The predicted octanol–water partition coefficient (Wildman–Crippen LogP) is 2.81. The average molecular weight is 284 g/mol. The van der Waals surface area contributed by atoms with Crippen LogP contribution < -0.4 is 0 Å². The van der Waals surface area contributed by atoms with Crippen molar-refractivity contribution < 1.29 is 22.5 Å². The van der Waals surface area contributed by atoms with Crippen LogP contribution in [0.5, 0.6) is 0 Å². The van der Waals surface area contributed by atoms with E-state index in [1.807, 2.05) is 0 Å². The molecule has 2 aromatic rings. The SMILES string of the molecule is CC(=O)Cc1nc(Cc2cccc(C(F)(F)F)c2)no1. The molecule has 0 aliphatic carbocycles. The number of ketones is 1. The summed E-state index contributed by atoms with van der Waals surface area (Å²) in [6.07, 6.45) is -4.24. The standard InChI is InChI=1S/C13H11F3N2O2/c1-8(19)5-12-17-11(18-20-12)7-9-3-2-4-10(6-9)13(14,15)16/h2-4,6H,5,7H2,1H3. The molecule has 0 saturated heterocycles. The molecule has 0 N–H and O–H groups in total. The van der Waals surface area contributed by atoms with Gasteiger partial charge >= 0.3 is 6.18 Å². The largest absolute Gasteiger partial charge is 0.416 e. The van der Waals surface area contributed by atoms with E-state index in [1.165, 1.54) is 13.0 Å². The molecule has 4 nitrogen and oxygen atoms in total. The van der Waals surface area contributed by atoms with Gasteiger partial charge in [-0.25, -0.2) is 0 Å². The van der Waals surface area contributed by atoms with Gasteiger partial charge in [0.1, 0.15) is 5.78 Å². The number of Topliss-reactive ketones (excluding diaryl/α,β-unsaturated/α-hetero) is 1. The maximum absolute atomic E-state index is 12.6. The Balaban J connectivity index is 2.14. The number of carbonyl (C=O) groups excluding carboxylic acids is 1. The highest BCUT2D eigenvalue weighted by atomic mass is 19.4. The lowest BCUT2D eigenvalue weighted by Gasteiger charge is -2.07. The van der Waals surface area contributed by atoms with Crippen molar-refractivity contribution in [3.63, 3.8) is 0 Å². The average Bonchev–Trinajstić information content (AvgIpc) is 2.75. The lowest BCUT2D eigenvalue weighted by atomic mass is 10.1. The fourth-order valence-electron chi connectivity index (χ4n) is 1.69. The predicted molar refractivity (Wildman–Crippen MR) is 62.9 cm³/mol. The van der Waals surface area contributed by atoms with Gasteiger partial charge in [-0.3, -0.25) is 4.79 Å². The second-order valence-electron chi connectivity index (χ2n) is 4.36. The third-order valence-electron chi connectivity index (χ3n) is 2.53. The molecule has 0 atom stereocenters. The van der Waals surface area contributed by atoms with E-state index in [4.69, 9.17) is 4.52 Å². The summed E-state index contributed by atoms with van der Waals surface area (Å²) in [5, 5.41) is 3.64. The lowest BCUT2D eigenvalue weighted by molar-refractivity contribution is -0.137. The molecule has 1 aromatic heterocycles. The van der Waals surface area contributed by atoms with Gasteiger partial charge in [0.05, 0.1) is 12.0 Å². The maximum Gasteiger partial charge on any atom is 0.416 e. The van der Waals surface area contributed by atoms with Gasteiger partial charge in [0.2, 0.25) is 5.89 Å². The molecule has 106 valence electrons. The minimum Gasteiger partial charge on any atom is -0.339 e. The number of benzene rings is 1. The Morgan fingerprint density at radius 3 is 2.75 bits per heavy atom. The van der Waals surface area contributed by atoms with E-state index >= 15 is 0 Å². The summed E-state index contributed by atoms with van der Waals surface area (Å²) < 4.78 is 42.5. The number of alkyl halides is 3. The second kappa shape index (κ2) is 5.44. The number of aromatic nitrogens is 2. The van der Waals surface area contributed by atoms with Gasteiger partial charge in [-0.15, -0.1) is 0 Å². The van der Waals surface area contributed by atoms with E-state index in [1.54, 1.807) is 6.07 Å². The molecule has 0 unspecified atom stereocenters. The molecule has 2 rings (SSSR count). The van der Waals surface area contributed by atoms with Gasteiger partial charge in [-0.2, -0.15) is 18.2 Å². The Morgan fingerprint density at radius 1 is 1.35 bits per heavy atom. The molecular weight excluding hydrogens is 273 g/mol. The van der Waals surface area contributed by atoms with Crippen molar-refractivity contribution in [2.24, 2.45) is 0 Å². The summed E-state index contributed by atoms with van der Waals surface area (Å²) in [5.41, 5.74) is -0.294. The van der Waals surface area contributed by atoms with Crippen molar-refractivity contribution in [1.29, 1.82) is 0 Å². The monoisotopic (exact) mass is 284 g/mol. The van der Waals surface area contributed by atoms with Crippen LogP contribution in [0.1, 0.15) is 29.8 Å². The Labute approximate surface area is 112 Å². The van der Waals surface area contributed by atoms with E-state index in [9.17, 15) is 18.0 Å². The van der Waals surface area contributed by atoms with E-state index in [0.717, 1.165) is 12.1 Å². The van der Waals surface area contributed by atoms with Crippen molar-refractivity contribution >= 4 is 5.78 Å². The minimum absolute atomic E-state index is 0.0234. The topological polar surface area (TPSA) is 56.0 Å². The highest BCUT2D eigenvalue weighted by Crippen LogP contribution is 2.29. The molecule has 1 aromatic carbocycles. The first-order valence-corrected chi connectivity index (χ1v) is 5.81. The summed E-state index contributed by atoms with van der Waals surface area (Å²) in [5.74, 6) is 0.291. The van der Waals surface area contributed by atoms with Gasteiger partial charge in [0.15, 0.2) is 5.82 Å². The van der Waals surface area contributed by atoms with E-state index in [0.29, 0.717) is 5.56 Å². The van der Waals surface area contributed by atoms with E-state index in [2.05, 4.69) is 10.1 Å². The molecule has 0 saturated carbocycles. The van der Waals surface area contributed by atoms with Crippen LogP contribution in [-0.2, 0) is 23.8 Å². The molecule has 20 heavy (non-hydrogen) atoms. The van der Waals surface area contributed by atoms with Gasteiger partial charge < -0.3 is 4.52 Å². The number of carbonyl (C=O) groups is 1. The first-order chi connectivity index (χ1) is 9.34. The fraction of sp³-hybridized carbons (Fsp3) is 0.308. The zero-order valence-corrected chi connectivity index (χ0v) is 10.6. The molecule has 7 heteroatoms. The smallest absolute Gasteiger partial charge is 0.339 e. The van der Waals surface area contributed by atoms with Crippen LogP contribution in [0.3, 0.4) is 0 Å². The van der Waals surface area contributed by atoms with Crippen molar-refractivity contribution in [3.8, 4) is 0 Å². The summed E-state index contributed by atoms with van der Waals surface area (Å²) in [6, 6.07) is 4.92. The molecular formula is C13H11F3N2O2.